The Bertz CT molecular complexity index is 40.2. The topological polar surface area (TPSA) is 26.0 Å². The van der Waals surface area contributed by atoms with Gasteiger partial charge < -0.3 is 5.73 Å². The highest BCUT2D eigenvalue weighted by Crippen LogP contribution is 2.21. The molecule has 0 bridgehead atoms. The van der Waals surface area contributed by atoms with Crippen LogP contribution in [0.1, 0.15) is 6.42 Å². The lowest BCUT2D eigenvalue weighted by molar-refractivity contribution is 0.467. The van der Waals surface area contributed by atoms with Gasteiger partial charge in [-0.15, -0.1) is 0 Å². The monoisotopic (exact) mass is 75.0 g/mol. The van der Waals surface area contributed by atoms with Gasteiger partial charge in [-0.2, -0.15) is 0 Å². The molecule has 0 radical (unpaired) electrons. The molecule has 0 unspecified atom stereocenters. The van der Waals surface area contributed by atoms with Gasteiger partial charge >= 0.3 is 0 Å². The van der Waals surface area contributed by atoms with Crippen molar-refractivity contribution < 1.29 is 4.39 Å². The molecule has 0 aromatic heterocycles. The Morgan fingerprint density at radius 2 is 2.00 bits per heavy atom. The van der Waals surface area contributed by atoms with Crippen LogP contribution in [-0.4, -0.2) is 12.2 Å². The third-order valence-corrected chi connectivity index (χ3v) is 0.759. The molecular weight excluding hydrogens is 69.0 g/mol. The standard InChI is InChI=1S/C3H6FN/c4-2-1-3(2)5/h2-3H,1,5H2/t2-,3-/m1/s1. The van der Waals surface area contributed by atoms with Crippen LogP contribution in [0.4, 0.5) is 4.39 Å². The third kappa shape index (κ3) is 0.401. The average Bonchev–Trinajstić information content (AvgIpc) is 1.79. The maximum Gasteiger partial charge on any atom is 0.117 e. The van der Waals surface area contributed by atoms with E-state index in [0.717, 1.165) is 0 Å². The summed E-state index contributed by atoms with van der Waals surface area (Å²) >= 11 is 0. The van der Waals surface area contributed by atoms with Gasteiger partial charge in [-0.1, -0.05) is 0 Å². The second-order valence-electron chi connectivity index (χ2n) is 1.42. The van der Waals surface area contributed by atoms with E-state index in [1.54, 1.807) is 0 Å². The number of hydrogen-bond acceptors (Lipinski definition) is 1. The second-order valence-corrected chi connectivity index (χ2v) is 1.42. The van der Waals surface area contributed by atoms with Gasteiger partial charge in [0.1, 0.15) is 6.17 Å². The first kappa shape index (κ1) is 3.09. The van der Waals surface area contributed by atoms with E-state index in [1.807, 2.05) is 0 Å². The van der Waals surface area contributed by atoms with E-state index in [1.165, 1.54) is 0 Å². The van der Waals surface area contributed by atoms with E-state index < -0.39 is 6.17 Å². The number of alkyl halides is 1. The van der Waals surface area contributed by atoms with Crippen molar-refractivity contribution >= 4 is 0 Å². The van der Waals surface area contributed by atoms with Crippen LogP contribution in [0.25, 0.3) is 0 Å². The van der Waals surface area contributed by atoms with Gasteiger partial charge in [-0.3, -0.25) is 0 Å². The number of rotatable bonds is 0. The molecule has 1 saturated carbocycles. The van der Waals surface area contributed by atoms with Gasteiger partial charge in [0.2, 0.25) is 0 Å². The van der Waals surface area contributed by atoms with E-state index in [9.17, 15) is 4.39 Å². The smallest absolute Gasteiger partial charge is 0.117 e. The molecule has 1 rings (SSSR count). The minimum atomic E-state index is -0.671. The van der Waals surface area contributed by atoms with Crippen LogP contribution in [0.15, 0.2) is 0 Å². The predicted molar refractivity (Wildman–Crippen MR) is 17.5 cm³/mol. The Kier molecular flexibility index (Phi) is 0.424. The summed E-state index contributed by atoms with van der Waals surface area (Å²) in [5.41, 5.74) is 4.99. The molecular formula is C3H6FN. The van der Waals surface area contributed by atoms with Crippen LogP contribution in [0, 0.1) is 0 Å². The summed E-state index contributed by atoms with van der Waals surface area (Å²) in [7, 11) is 0. The quantitative estimate of drug-likeness (QED) is 0.432. The highest BCUT2D eigenvalue weighted by molar-refractivity contribution is 4.89. The Morgan fingerprint density at radius 3 is 2.00 bits per heavy atom. The molecule has 30 valence electrons. The molecule has 0 amide bonds. The summed E-state index contributed by atoms with van der Waals surface area (Å²) in [6, 6.07) is -0.116. The zero-order chi connectivity index (χ0) is 3.86. The Balaban J connectivity index is 2.20. The average molecular weight is 75.1 g/mol. The minimum Gasteiger partial charge on any atom is -0.325 e. The van der Waals surface area contributed by atoms with Crippen molar-refractivity contribution in [1.29, 1.82) is 0 Å². The lowest BCUT2D eigenvalue weighted by Crippen LogP contribution is -2.00. The van der Waals surface area contributed by atoms with Gasteiger partial charge in [0.05, 0.1) is 0 Å². The molecule has 0 aromatic rings. The van der Waals surface area contributed by atoms with Gasteiger partial charge in [-0.25, -0.2) is 4.39 Å². The van der Waals surface area contributed by atoms with E-state index in [4.69, 9.17) is 5.73 Å². The maximum absolute atomic E-state index is 11.4. The fourth-order valence-electron chi connectivity index (χ4n) is 0.181. The molecule has 5 heavy (non-hydrogen) atoms. The first-order chi connectivity index (χ1) is 2.30. The molecule has 1 aliphatic carbocycles. The number of halogens is 1. The summed E-state index contributed by atoms with van der Waals surface area (Å²) in [5.74, 6) is 0. The van der Waals surface area contributed by atoms with E-state index in [-0.39, 0.29) is 6.04 Å². The lowest BCUT2D eigenvalue weighted by atomic mass is 10.8. The molecule has 0 aliphatic heterocycles. The van der Waals surface area contributed by atoms with E-state index in [0.29, 0.717) is 6.42 Å². The Hall–Kier alpha value is -0.110. The van der Waals surface area contributed by atoms with Crippen molar-refractivity contribution in [3.63, 3.8) is 0 Å². The Morgan fingerprint density at radius 1 is 1.80 bits per heavy atom. The van der Waals surface area contributed by atoms with Crippen molar-refractivity contribution in [2.45, 2.75) is 18.6 Å². The normalized spacial score (nSPS) is 49.2. The number of nitrogens with two attached hydrogens (primary N) is 1. The van der Waals surface area contributed by atoms with E-state index >= 15 is 0 Å². The van der Waals surface area contributed by atoms with Crippen LogP contribution < -0.4 is 5.73 Å². The van der Waals surface area contributed by atoms with Gasteiger partial charge in [0.15, 0.2) is 0 Å². The van der Waals surface area contributed by atoms with E-state index in [2.05, 4.69) is 0 Å². The summed E-state index contributed by atoms with van der Waals surface area (Å²) < 4.78 is 11.4. The zero-order valence-corrected chi connectivity index (χ0v) is 2.82. The Labute approximate surface area is 30.0 Å². The van der Waals surface area contributed by atoms with Crippen molar-refractivity contribution in [3.8, 4) is 0 Å². The van der Waals surface area contributed by atoms with Crippen molar-refractivity contribution in [3.05, 3.63) is 0 Å². The van der Waals surface area contributed by atoms with Crippen molar-refractivity contribution in [2.75, 3.05) is 0 Å². The molecule has 1 fully saturated rings. The predicted octanol–water partition coefficient (Wildman–Crippen LogP) is 0.0555. The van der Waals surface area contributed by atoms with Crippen molar-refractivity contribution in [1.82, 2.24) is 0 Å². The highest BCUT2D eigenvalue weighted by atomic mass is 19.1. The fourth-order valence-corrected chi connectivity index (χ4v) is 0.181. The summed E-state index contributed by atoms with van der Waals surface area (Å²) in [6.45, 7) is 0. The molecule has 2 heteroatoms. The summed E-state index contributed by atoms with van der Waals surface area (Å²) in [6.07, 6.45) is -0.0880. The van der Waals surface area contributed by atoms with Crippen LogP contribution >= 0.6 is 0 Å². The SMILES string of the molecule is N[C@@H]1C[C@H]1F. The molecule has 2 N–H and O–H groups in total. The van der Waals surface area contributed by atoms with Crippen LogP contribution in [0.2, 0.25) is 0 Å². The summed E-state index contributed by atoms with van der Waals surface area (Å²) in [5, 5.41) is 0. The summed E-state index contributed by atoms with van der Waals surface area (Å²) in [4.78, 5) is 0. The molecule has 0 heterocycles. The molecule has 0 aromatic carbocycles. The van der Waals surface area contributed by atoms with Crippen LogP contribution in [0.3, 0.4) is 0 Å². The minimum absolute atomic E-state index is 0.116. The van der Waals surface area contributed by atoms with Crippen LogP contribution in [0.5, 0.6) is 0 Å². The molecule has 2 atom stereocenters. The van der Waals surface area contributed by atoms with Gasteiger partial charge in [0, 0.05) is 6.04 Å². The van der Waals surface area contributed by atoms with Crippen LogP contribution in [-0.2, 0) is 0 Å². The zero-order valence-electron chi connectivity index (χ0n) is 2.82. The first-order valence-electron chi connectivity index (χ1n) is 1.70. The van der Waals surface area contributed by atoms with Gasteiger partial charge in [0.25, 0.3) is 0 Å². The molecule has 1 nitrogen and oxygen atoms in total. The first-order valence-corrected chi connectivity index (χ1v) is 1.70. The maximum atomic E-state index is 11.4. The number of hydrogen-bond donors (Lipinski definition) is 1. The third-order valence-electron chi connectivity index (χ3n) is 0.759. The molecule has 1 aliphatic rings. The molecule has 0 saturated heterocycles. The molecule has 0 spiro atoms. The lowest BCUT2D eigenvalue weighted by Gasteiger charge is -1.66. The fraction of sp³-hybridized carbons (Fsp3) is 1.00. The van der Waals surface area contributed by atoms with Gasteiger partial charge in [-0.05, 0) is 6.42 Å². The van der Waals surface area contributed by atoms with Crippen molar-refractivity contribution in [2.24, 2.45) is 5.73 Å². The second kappa shape index (κ2) is 0.684. The largest absolute Gasteiger partial charge is 0.325 e. The highest BCUT2D eigenvalue weighted by Gasteiger charge is 2.32.